The number of unbranched alkanes of at least 4 members (excludes halogenated alkanes) is 1. The Bertz CT molecular complexity index is 407. The second-order valence-electron chi connectivity index (χ2n) is 6.03. The van der Waals surface area contributed by atoms with Crippen molar-refractivity contribution in [2.45, 2.75) is 64.3 Å². The third-order valence-corrected chi connectivity index (χ3v) is 4.24. The SMILES string of the molecule is CCCCOC(=O)N(C(=O)CN)[C@@H](CC1CCCCC1)C(=O)O. The van der Waals surface area contributed by atoms with E-state index in [9.17, 15) is 19.5 Å². The first-order valence-electron chi connectivity index (χ1n) is 8.42. The highest BCUT2D eigenvalue weighted by Crippen LogP contribution is 2.29. The minimum Gasteiger partial charge on any atom is -0.480 e. The van der Waals surface area contributed by atoms with Gasteiger partial charge in [-0.1, -0.05) is 45.4 Å². The van der Waals surface area contributed by atoms with Gasteiger partial charge in [-0.05, 0) is 18.8 Å². The van der Waals surface area contributed by atoms with E-state index in [1.807, 2.05) is 6.92 Å². The van der Waals surface area contributed by atoms with Gasteiger partial charge in [0.15, 0.2) is 0 Å². The van der Waals surface area contributed by atoms with Crippen LogP contribution in [-0.2, 0) is 14.3 Å². The first-order chi connectivity index (χ1) is 11.0. The molecule has 1 fully saturated rings. The molecule has 1 saturated carbocycles. The van der Waals surface area contributed by atoms with Gasteiger partial charge in [0.05, 0.1) is 13.2 Å². The van der Waals surface area contributed by atoms with E-state index in [1.165, 1.54) is 0 Å². The van der Waals surface area contributed by atoms with E-state index < -0.39 is 30.6 Å². The molecular formula is C16H28N2O5. The summed E-state index contributed by atoms with van der Waals surface area (Å²) < 4.78 is 5.04. The van der Waals surface area contributed by atoms with Crippen LogP contribution in [0.4, 0.5) is 4.79 Å². The number of hydrogen-bond donors (Lipinski definition) is 2. The van der Waals surface area contributed by atoms with Crippen LogP contribution in [0.3, 0.4) is 0 Å². The van der Waals surface area contributed by atoms with Crippen molar-refractivity contribution < 1.29 is 24.2 Å². The van der Waals surface area contributed by atoms with Gasteiger partial charge < -0.3 is 15.6 Å². The lowest BCUT2D eigenvalue weighted by atomic mass is 9.84. The Labute approximate surface area is 137 Å². The zero-order valence-electron chi connectivity index (χ0n) is 13.8. The number of ether oxygens (including phenoxy) is 1. The van der Waals surface area contributed by atoms with Crippen molar-refractivity contribution in [1.82, 2.24) is 4.90 Å². The van der Waals surface area contributed by atoms with E-state index in [4.69, 9.17) is 10.5 Å². The second kappa shape index (κ2) is 10.2. The summed E-state index contributed by atoms with van der Waals surface area (Å²) in [6.07, 6.45) is 5.99. The number of nitrogens with zero attached hydrogens (tertiary/aromatic N) is 1. The van der Waals surface area contributed by atoms with Crippen molar-refractivity contribution in [2.75, 3.05) is 13.2 Å². The van der Waals surface area contributed by atoms with Crippen LogP contribution in [0.1, 0.15) is 58.3 Å². The van der Waals surface area contributed by atoms with Gasteiger partial charge in [-0.15, -0.1) is 0 Å². The third kappa shape index (κ3) is 6.17. The molecule has 1 aliphatic carbocycles. The fraction of sp³-hybridized carbons (Fsp3) is 0.812. The first-order valence-corrected chi connectivity index (χ1v) is 8.42. The van der Waals surface area contributed by atoms with Crippen LogP contribution < -0.4 is 5.73 Å². The number of nitrogens with two attached hydrogens (primary N) is 1. The topological polar surface area (TPSA) is 110 Å². The largest absolute Gasteiger partial charge is 0.480 e. The molecule has 132 valence electrons. The van der Waals surface area contributed by atoms with Gasteiger partial charge >= 0.3 is 12.1 Å². The molecule has 0 saturated heterocycles. The molecule has 1 aliphatic rings. The standard InChI is InChI=1S/C16H28N2O5/c1-2-3-9-23-16(22)18(14(19)11-17)13(15(20)21)10-12-7-5-4-6-8-12/h12-13H,2-11,17H2,1H3,(H,20,21)/t13-/m0/s1. The molecule has 0 aliphatic heterocycles. The van der Waals surface area contributed by atoms with E-state index in [1.54, 1.807) is 0 Å². The summed E-state index contributed by atoms with van der Waals surface area (Å²) in [5.74, 6) is -1.69. The molecule has 1 atom stereocenters. The highest BCUT2D eigenvalue weighted by atomic mass is 16.6. The van der Waals surface area contributed by atoms with E-state index in [-0.39, 0.29) is 18.9 Å². The zero-order chi connectivity index (χ0) is 17.2. The Kier molecular flexibility index (Phi) is 8.61. The van der Waals surface area contributed by atoms with Gasteiger partial charge in [0.25, 0.3) is 0 Å². The van der Waals surface area contributed by atoms with Gasteiger partial charge in [0.2, 0.25) is 5.91 Å². The molecule has 0 bridgehead atoms. The number of amides is 2. The number of carboxylic acids is 1. The number of hydrogen-bond acceptors (Lipinski definition) is 5. The average molecular weight is 328 g/mol. The lowest BCUT2D eigenvalue weighted by Crippen LogP contribution is -2.51. The number of carboxylic acid groups (broad SMARTS) is 1. The number of aliphatic carboxylic acids is 1. The number of carbonyl (C=O) groups is 3. The molecule has 23 heavy (non-hydrogen) atoms. The first kappa shape index (κ1) is 19.4. The maximum absolute atomic E-state index is 12.2. The monoisotopic (exact) mass is 328 g/mol. The highest BCUT2D eigenvalue weighted by Gasteiger charge is 2.37. The summed E-state index contributed by atoms with van der Waals surface area (Å²) in [5, 5.41) is 9.50. The fourth-order valence-electron chi connectivity index (χ4n) is 2.93. The van der Waals surface area contributed by atoms with E-state index in [0.717, 1.165) is 38.5 Å². The molecule has 0 aromatic rings. The summed E-state index contributed by atoms with van der Waals surface area (Å²) in [6, 6.07) is -1.21. The van der Waals surface area contributed by atoms with Crippen LogP contribution in [0.5, 0.6) is 0 Å². The highest BCUT2D eigenvalue weighted by molar-refractivity contribution is 5.97. The molecule has 0 spiro atoms. The Hall–Kier alpha value is -1.63. The number of carbonyl (C=O) groups excluding carboxylic acids is 2. The minimum atomic E-state index is -1.21. The normalized spacial score (nSPS) is 16.6. The lowest BCUT2D eigenvalue weighted by Gasteiger charge is -2.30. The molecule has 0 heterocycles. The molecule has 1 rings (SSSR count). The molecule has 7 nitrogen and oxygen atoms in total. The number of imide groups is 1. The molecule has 2 amide bonds. The van der Waals surface area contributed by atoms with Crippen molar-refractivity contribution in [3.63, 3.8) is 0 Å². The molecule has 0 unspecified atom stereocenters. The van der Waals surface area contributed by atoms with Crippen molar-refractivity contribution in [2.24, 2.45) is 11.7 Å². The molecule has 3 N–H and O–H groups in total. The maximum Gasteiger partial charge on any atom is 0.417 e. The Balaban J connectivity index is 2.82. The van der Waals surface area contributed by atoms with Crippen LogP contribution in [-0.4, -0.2) is 47.2 Å². The number of rotatable bonds is 8. The molecular weight excluding hydrogens is 300 g/mol. The lowest BCUT2D eigenvalue weighted by molar-refractivity contribution is -0.149. The quantitative estimate of drug-likeness (QED) is 0.661. The predicted octanol–water partition coefficient (Wildman–Crippen LogP) is 2.13. The summed E-state index contributed by atoms with van der Waals surface area (Å²) in [6.45, 7) is 1.69. The Morgan fingerprint density at radius 1 is 1.26 bits per heavy atom. The van der Waals surface area contributed by atoms with Crippen LogP contribution in [0.25, 0.3) is 0 Å². The van der Waals surface area contributed by atoms with E-state index in [0.29, 0.717) is 11.3 Å². The molecule has 0 aromatic heterocycles. The van der Waals surface area contributed by atoms with Gasteiger partial charge in [-0.2, -0.15) is 0 Å². The van der Waals surface area contributed by atoms with Crippen molar-refractivity contribution in [1.29, 1.82) is 0 Å². The zero-order valence-corrected chi connectivity index (χ0v) is 13.8. The average Bonchev–Trinajstić information content (AvgIpc) is 2.55. The van der Waals surface area contributed by atoms with Gasteiger partial charge in [-0.25, -0.2) is 14.5 Å². The van der Waals surface area contributed by atoms with E-state index >= 15 is 0 Å². The fourth-order valence-corrected chi connectivity index (χ4v) is 2.93. The van der Waals surface area contributed by atoms with Gasteiger partial charge in [0.1, 0.15) is 6.04 Å². The Morgan fingerprint density at radius 2 is 1.91 bits per heavy atom. The van der Waals surface area contributed by atoms with Crippen molar-refractivity contribution >= 4 is 18.0 Å². The Morgan fingerprint density at radius 3 is 2.43 bits per heavy atom. The molecule has 0 aromatic carbocycles. The van der Waals surface area contributed by atoms with E-state index in [2.05, 4.69) is 0 Å². The summed E-state index contributed by atoms with van der Waals surface area (Å²) in [4.78, 5) is 36.5. The van der Waals surface area contributed by atoms with Gasteiger partial charge in [0, 0.05) is 0 Å². The summed E-state index contributed by atoms with van der Waals surface area (Å²) in [7, 11) is 0. The smallest absolute Gasteiger partial charge is 0.417 e. The summed E-state index contributed by atoms with van der Waals surface area (Å²) in [5.41, 5.74) is 5.34. The van der Waals surface area contributed by atoms with Crippen LogP contribution in [0.15, 0.2) is 0 Å². The van der Waals surface area contributed by atoms with Crippen molar-refractivity contribution in [3.8, 4) is 0 Å². The predicted molar refractivity (Wildman–Crippen MR) is 84.8 cm³/mol. The van der Waals surface area contributed by atoms with Crippen LogP contribution >= 0.6 is 0 Å². The minimum absolute atomic E-state index is 0.166. The maximum atomic E-state index is 12.2. The molecule has 0 radical (unpaired) electrons. The summed E-state index contributed by atoms with van der Waals surface area (Å²) >= 11 is 0. The van der Waals surface area contributed by atoms with Crippen molar-refractivity contribution in [3.05, 3.63) is 0 Å². The van der Waals surface area contributed by atoms with Gasteiger partial charge in [-0.3, -0.25) is 4.79 Å². The third-order valence-electron chi connectivity index (χ3n) is 4.24. The van der Waals surface area contributed by atoms with Crippen LogP contribution in [0, 0.1) is 5.92 Å². The van der Waals surface area contributed by atoms with Crippen LogP contribution in [0.2, 0.25) is 0 Å². The second-order valence-corrected chi connectivity index (χ2v) is 6.03. The molecule has 7 heteroatoms.